The van der Waals surface area contributed by atoms with Crippen LogP contribution in [0.3, 0.4) is 0 Å². The average molecular weight is 395 g/mol. The Bertz CT molecular complexity index is 817. The number of allylic oxidation sites excluding steroid dienone is 2. The number of hydrogen-bond donors (Lipinski definition) is 0. The standard InChI is InChI=1S/C30H34/c1-3-5-7-25-9-13-27(14-10-25)17-19-29-21-23-30(24-22-29)20-18-28-15-11-26(12-16-28)8-6-4-2/h3-4,9-16,21-24H,1-2,5-8,17-20H2. The van der Waals surface area contributed by atoms with Crippen LogP contribution in [-0.2, 0) is 38.5 Å². The first-order chi connectivity index (χ1) is 14.8. The minimum Gasteiger partial charge on any atom is -0.103 e. The number of hydrogen-bond acceptors (Lipinski definition) is 0. The zero-order valence-corrected chi connectivity index (χ0v) is 18.2. The first-order valence-electron chi connectivity index (χ1n) is 11.2. The molecule has 0 radical (unpaired) electrons. The van der Waals surface area contributed by atoms with Gasteiger partial charge in [0.2, 0.25) is 0 Å². The summed E-state index contributed by atoms with van der Waals surface area (Å²) in [6, 6.07) is 27.3. The highest BCUT2D eigenvalue weighted by molar-refractivity contribution is 5.28. The van der Waals surface area contributed by atoms with Gasteiger partial charge in [-0.1, -0.05) is 84.9 Å². The second kappa shape index (κ2) is 12.0. The Balaban J connectivity index is 1.44. The fourth-order valence-corrected chi connectivity index (χ4v) is 3.73. The molecule has 3 aromatic carbocycles. The molecular formula is C30H34. The van der Waals surface area contributed by atoms with Crippen molar-refractivity contribution in [2.75, 3.05) is 0 Å². The SMILES string of the molecule is C=CCCc1ccc(CCc2ccc(CCc3ccc(CCC=C)cc3)cc2)cc1. The summed E-state index contributed by atoms with van der Waals surface area (Å²) >= 11 is 0. The van der Waals surface area contributed by atoms with Crippen molar-refractivity contribution in [3.05, 3.63) is 131 Å². The predicted octanol–water partition coefficient (Wildman–Crippen LogP) is 7.49. The summed E-state index contributed by atoms with van der Waals surface area (Å²) in [4.78, 5) is 0. The lowest BCUT2D eigenvalue weighted by Gasteiger charge is -2.07. The van der Waals surface area contributed by atoms with Crippen LogP contribution in [0.15, 0.2) is 98.1 Å². The third-order valence-corrected chi connectivity index (χ3v) is 5.75. The van der Waals surface area contributed by atoms with Crippen LogP contribution in [0.25, 0.3) is 0 Å². The monoisotopic (exact) mass is 394 g/mol. The Morgan fingerprint density at radius 3 is 0.767 bits per heavy atom. The molecule has 0 saturated carbocycles. The molecule has 30 heavy (non-hydrogen) atoms. The van der Waals surface area contributed by atoms with Gasteiger partial charge in [-0.3, -0.25) is 0 Å². The normalized spacial score (nSPS) is 10.7. The van der Waals surface area contributed by atoms with Crippen LogP contribution in [0.1, 0.15) is 46.2 Å². The fraction of sp³-hybridized carbons (Fsp3) is 0.267. The quantitative estimate of drug-likeness (QED) is 0.279. The molecule has 3 aromatic rings. The van der Waals surface area contributed by atoms with Crippen LogP contribution in [0, 0.1) is 0 Å². The Hall–Kier alpha value is -2.86. The molecule has 0 atom stereocenters. The molecule has 0 amide bonds. The maximum absolute atomic E-state index is 3.80. The van der Waals surface area contributed by atoms with Gasteiger partial charge >= 0.3 is 0 Å². The van der Waals surface area contributed by atoms with Crippen LogP contribution >= 0.6 is 0 Å². The van der Waals surface area contributed by atoms with E-state index in [9.17, 15) is 0 Å². The summed E-state index contributed by atoms with van der Waals surface area (Å²) in [5.74, 6) is 0. The molecule has 0 aliphatic rings. The molecule has 0 unspecified atom stereocenters. The Morgan fingerprint density at radius 2 is 0.567 bits per heavy atom. The first-order valence-corrected chi connectivity index (χ1v) is 11.2. The van der Waals surface area contributed by atoms with Crippen molar-refractivity contribution in [2.24, 2.45) is 0 Å². The third-order valence-electron chi connectivity index (χ3n) is 5.75. The van der Waals surface area contributed by atoms with Gasteiger partial charge in [-0.2, -0.15) is 0 Å². The van der Waals surface area contributed by atoms with Crippen molar-refractivity contribution >= 4 is 0 Å². The molecule has 0 bridgehead atoms. The van der Waals surface area contributed by atoms with E-state index in [0.29, 0.717) is 0 Å². The highest BCUT2D eigenvalue weighted by Gasteiger charge is 2.00. The molecule has 0 saturated heterocycles. The van der Waals surface area contributed by atoms with E-state index in [1.807, 2.05) is 12.2 Å². The molecule has 0 fully saturated rings. The van der Waals surface area contributed by atoms with Gasteiger partial charge in [-0.25, -0.2) is 0 Å². The van der Waals surface area contributed by atoms with Gasteiger partial charge in [0.05, 0.1) is 0 Å². The van der Waals surface area contributed by atoms with E-state index in [4.69, 9.17) is 0 Å². The summed E-state index contributed by atoms with van der Waals surface area (Å²) < 4.78 is 0. The summed E-state index contributed by atoms with van der Waals surface area (Å²) in [5, 5.41) is 0. The minimum atomic E-state index is 1.05. The lowest BCUT2D eigenvalue weighted by atomic mass is 9.99. The molecular weight excluding hydrogens is 360 g/mol. The first kappa shape index (κ1) is 21.8. The van der Waals surface area contributed by atoms with E-state index >= 15 is 0 Å². The van der Waals surface area contributed by atoms with Crippen LogP contribution in [-0.4, -0.2) is 0 Å². The molecule has 154 valence electrons. The molecule has 0 heteroatoms. The Morgan fingerprint density at radius 1 is 0.367 bits per heavy atom. The van der Waals surface area contributed by atoms with Crippen molar-refractivity contribution in [3.63, 3.8) is 0 Å². The fourth-order valence-electron chi connectivity index (χ4n) is 3.73. The molecule has 0 aliphatic heterocycles. The van der Waals surface area contributed by atoms with E-state index in [-0.39, 0.29) is 0 Å². The number of benzene rings is 3. The van der Waals surface area contributed by atoms with Crippen LogP contribution < -0.4 is 0 Å². The summed E-state index contributed by atoms with van der Waals surface area (Å²) in [7, 11) is 0. The van der Waals surface area contributed by atoms with Crippen LogP contribution in [0.5, 0.6) is 0 Å². The highest BCUT2D eigenvalue weighted by Crippen LogP contribution is 2.14. The third kappa shape index (κ3) is 7.19. The van der Waals surface area contributed by atoms with Gasteiger partial charge in [0.1, 0.15) is 0 Å². The van der Waals surface area contributed by atoms with Gasteiger partial charge in [-0.15, -0.1) is 13.2 Å². The van der Waals surface area contributed by atoms with Crippen molar-refractivity contribution in [2.45, 2.75) is 51.4 Å². The van der Waals surface area contributed by atoms with E-state index in [0.717, 1.165) is 51.4 Å². The van der Waals surface area contributed by atoms with Crippen molar-refractivity contribution < 1.29 is 0 Å². The highest BCUT2D eigenvalue weighted by atomic mass is 14.1. The molecule has 0 aromatic heterocycles. The maximum atomic E-state index is 3.80. The molecule has 0 spiro atoms. The van der Waals surface area contributed by atoms with E-state index in [1.54, 1.807) is 0 Å². The largest absolute Gasteiger partial charge is 0.103 e. The summed E-state index contributed by atoms with van der Waals surface area (Å²) in [6.07, 6.45) is 12.6. The molecule has 0 aliphatic carbocycles. The number of rotatable bonds is 12. The second-order valence-electron chi connectivity index (χ2n) is 8.10. The molecule has 0 N–H and O–H groups in total. The zero-order valence-electron chi connectivity index (χ0n) is 18.2. The average Bonchev–Trinajstić information content (AvgIpc) is 2.80. The minimum absolute atomic E-state index is 1.05. The Kier molecular flexibility index (Phi) is 8.72. The smallest absolute Gasteiger partial charge is 0.0238 e. The maximum Gasteiger partial charge on any atom is -0.0238 e. The zero-order chi connectivity index (χ0) is 21.0. The predicted molar refractivity (Wildman–Crippen MR) is 131 cm³/mol. The lowest BCUT2D eigenvalue weighted by molar-refractivity contribution is 0.934. The molecule has 0 nitrogen and oxygen atoms in total. The van der Waals surface area contributed by atoms with Crippen molar-refractivity contribution in [1.82, 2.24) is 0 Å². The van der Waals surface area contributed by atoms with Crippen LogP contribution in [0.2, 0.25) is 0 Å². The van der Waals surface area contributed by atoms with Gasteiger partial charge in [-0.05, 0) is 84.7 Å². The molecule has 0 heterocycles. The van der Waals surface area contributed by atoms with E-state index in [1.165, 1.54) is 33.4 Å². The van der Waals surface area contributed by atoms with Crippen molar-refractivity contribution in [3.8, 4) is 0 Å². The summed E-state index contributed by atoms with van der Waals surface area (Å²) in [6.45, 7) is 7.60. The lowest BCUT2D eigenvalue weighted by Crippen LogP contribution is -1.95. The topological polar surface area (TPSA) is 0 Å². The molecule has 3 rings (SSSR count). The van der Waals surface area contributed by atoms with Gasteiger partial charge < -0.3 is 0 Å². The van der Waals surface area contributed by atoms with Gasteiger partial charge in [0.15, 0.2) is 0 Å². The van der Waals surface area contributed by atoms with Crippen LogP contribution in [0.4, 0.5) is 0 Å². The summed E-state index contributed by atoms with van der Waals surface area (Å²) in [5.41, 5.74) is 8.46. The Labute approximate surface area is 183 Å². The second-order valence-corrected chi connectivity index (χ2v) is 8.10. The van der Waals surface area contributed by atoms with Crippen molar-refractivity contribution in [1.29, 1.82) is 0 Å². The van der Waals surface area contributed by atoms with Gasteiger partial charge in [0, 0.05) is 0 Å². The van der Waals surface area contributed by atoms with E-state index < -0.39 is 0 Å². The van der Waals surface area contributed by atoms with E-state index in [2.05, 4.69) is 86.0 Å². The van der Waals surface area contributed by atoms with Gasteiger partial charge in [0.25, 0.3) is 0 Å². The number of aryl methyl sites for hydroxylation is 6.